The minimum absolute atomic E-state index is 0.0150. The first-order valence-electron chi connectivity index (χ1n) is 9.47. The number of pyridine rings is 1. The summed E-state index contributed by atoms with van der Waals surface area (Å²) < 4.78 is 52.4. The number of anilines is 2. The van der Waals surface area contributed by atoms with Crippen LogP contribution in [0.5, 0.6) is 0 Å². The average molecular weight is 528 g/mol. The Kier molecular flexibility index (Phi) is 8.02. The van der Waals surface area contributed by atoms with Gasteiger partial charge in [0.05, 0.1) is 22.8 Å². The van der Waals surface area contributed by atoms with Crippen molar-refractivity contribution in [1.29, 1.82) is 0 Å². The van der Waals surface area contributed by atoms with E-state index >= 15 is 0 Å². The molecule has 3 rings (SSSR count). The van der Waals surface area contributed by atoms with Gasteiger partial charge in [0.15, 0.2) is 0 Å². The lowest BCUT2D eigenvalue weighted by molar-refractivity contribution is 0.0976. The van der Waals surface area contributed by atoms with E-state index in [1.165, 1.54) is 48.5 Å². The van der Waals surface area contributed by atoms with Crippen LogP contribution in [-0.2, 0) is 16.6 Å². The minimum Gasteiger partial charge on any atom is -0.311 e. The van der Waals surface area contributed by atoms with Gasteiger partial charge >= 0.3 is 0 Å². The largest absolute Gasteiger partial charge is 0.311 e. The molecular weight excluding hydrogens is 511 g/mol. The van der Waals surface area contributed by atoms with Crippen LogP contribution in [0.25, 0.3) is 0 Å². The van der Waals surface area contributed by atoms with E-state index in [4.69, 9.17) is 23.2 Å². The second kappa shape index (κ2) is 10.8. The molecular formula is C21H17Cl2F2N5O3S. The molecule has 3 aromatic rings. The molecule has 0 spiro atoms. The number of aliphatic imine (C=N–C) groups is 1. The summed E-state index contributed by atoms with van der Waals surface area (Å²) in [4.78, 5) is 21.0. The van der Waals surface area contributed by atoms with E-state index in [0.29, 0.717) is 5.56 Å². The number of nitrogens with zero attached hydrogens (tertiary/aromatic N) is 2. The van der Waals surface area contributed by atoms with E-state index in [-0.39, 0.29) is 39.7 Å². The maximum atomic E-state index is 13.8. The molecule has 1 heterocycles. The van der Waals surface area contributed by atoms with E-state index in [2.05, 4.69) is 25.3 Å². The van der Waals surface area contributed by atoms with Gasteiger partial charge in [-0.3, -0.25) is 14.8 Å². The Balaban J connectivity index is 1.87. The van der Waals surface area contributed by atoms with Crippen LogP contribution in [0.2, 0.25) is 10.0 Å². The van der Waals surface area contributed by atoms with Gasteiger partial charge < -0.3 is 5.32 Å². The number of nitrogens with one attached hydrogen (secondary N) is 3. The van der Waals surface area contributed by atoms with E-state index in [1.807, 2.05) is 0 Å². The zero-order valence-electron chi connectivity index (χ0n) is 17.4. The van der Waals surface area contributed by atoms with Crippen molar-refractivity contribution >= 4 is 56.7 Å². The molecule has 0 aliphatic rings. The minimum atomic E-state index is -3.57. The fourth-order valence-corrected chi connectivity index (χ4v) is 3.42. The molecule has 13 heteroatoms. The summed E-state index contributed by atoms with van der Waals surface area (Å²) in [6.45, 7) is -0.0150. The zero-order chi connectivity index (χ0) is 24.9. The predicted molar refractivity (Wildman–Crippen MR) is 128 cm³/mol. The summed E-state index contributed by atoms with van der Waals surface area (Å²) in [7, 11) is -3.57. The monoisotopic (exact) mass is 527 g/mol. The van der Waals surface area contributed by atoms with Crippen molar-refractivity contribution in [2.24, 2.45) is 4.99 Å². The predicted octanol–water partition coefficient (Wildman–Crippen LogP) is 4.44. The summed E-state index contributed by atoms with van der Waals surface area (Å²) in [6, 6.07) is 12.0. The Hall–Kier alpha value is -3.28. The van der Waals surface area contributed by atoms with Crippen molar-refractivity contribution in [1.82, 2.24) is 10.3 Å². The van der Waals surface area contributed by atoms with Gasteiger partial charge in [-0.2, -0.15) is 0 Å². The zero-order valence-corrected chi connectivity index (χ0v) is 19.8. The SMILES string of the molecule is CS(=O)(=O)Nc1cccc(NC(=NCc2ccc(F)c(Cl)c2)NC(=O)c2ccc(Cl)c(F)c2)n1. The number of amides is 1. The van der Waals surface area contributed by atoms with Crippen molar-refractivity contribution in [3.8, 4) is 0 Å². The summed E-state index contributed by atoms with van der Waals surface area (Å²) in [5.74, 6) is -1.99. The number of hydrogen-bond donors (Lipinski definition) is 3. The molecule has 8 nitrogen and oxygen atoms in total. The fraction of sp³-hybridized carbons (Fsp3) is 0.0952. The van der Waals surface area contributed by atoms with Gasteiger partial charge in [-0.1, -0.05) is 35.3 Å². The molecule has 1 amide bonds. The standard InChI is InChI=1S/C21H17Cl2F2N5O3S/c1-34(32,33)30-19-4-2-3-18(27-19)28-21(26-11-12-5-8-16(24)15(23)9-12)29-20(31)13-6-7-14(22)17(25)10-13/h2-10H,11H2,1H3,(H3,26,27,28,29,30,31). The number of halogens is 4. The lowest BCUT2D eigenvalue weighted by Gasteiger charge is -2.13. The number of aromatic nitrogens is 1. The van der Waals surface area contributed by atoms with Crippen LogP contribution in [-0.4, -0.2) is 31.5 Å². The lowest BCUT2D eigenvalue weighted by atomic mass is 10.2. The molecule has 0 unspecified atom stereocenters. The number of sulfonamides is 1. The molecule has 0 aliphatic heterocycles. The average Bonchev–Trinajstić information content (AvgIpc) is 2.75. The number of rotatable bonds is 6. The van der Waals surface area contributed by atoms with Crippen LogP contribution in [0.3, 0.4) is 0 Å². The van der Waals surface area contributed by atoms with Crippen LogP contribution < -0.4 is 15.4 Å². The number of guanidine groups is 1. The van der Waals surface area contributed by atoms with Crippen molar-refractivity contribution in [2.45, 2.75) is 6.54 Å². The summed E-state index contributed by atoms with van der Waals surface area (Å²) in [5, 5.41) is 5.03. The van der Waals surface area contributed by atoms with Crippen LogP contribution in [0.1, 0.15) is 15.9 Å². The van der Waals surface area contributed by atoms with E-state index in [1.54, 1.807) is 0 Å². The summed E-state index contributed by atoms with van der Waals surface area (Å²) in [5.41, 5.74) is 0.514. The number of carbonyl (C=O) groups is 1. The van der Waals surface area contributed by atoms with Gasteiger partial charge in [0, 0.05) is 5.56 Å². The molecule has 0 saturated carbocycles. The number of benzene rings is 2. The first-order valence-corrected chi connectivity index (χ1v) is 12.1. The first-order chi connectivity index (χ1) is 16.0. The van der Waals surface area contributed by atoms with Gasteiger partial charge in [0.2, 0.25) is 16.0 Å². The van der Waals surface area contributed by atoms with Crippen molar-refractivity contribution in [3.63, 3.8) is 0 Å². The first kappa shape index (κ1) is 25.3. The van der Waals surface area contributed by atoms with Crippen molar-refractivity contribution in [2.75, 3.05) is 16.3 Å². The summed E-state index contributed by atoms with van der Waals surface area (Å²) >= 11 is 11.5. The highest BCUT2D eigenvalue weighted by Gasteiger charge is 2.13. The van der Waals surface area contributed by atoms with Crippen LogP contribution in [0.15, 0.2) is 59.6 Å². The second-order valence-electron chi connectivity index (χ2n) is 6.90. The molecule has 0 fully saturated rings. The van der Waals surface area contributed by atoms with Gasteiger partial charge in [-0.25, -0.2) is 27.2 Å². The Morgan fingerprint density at radius 1 is 1.00 bits per heavy atom. The van der Waals surface area contributed by atoms with E-state index in [0.717, 1.165) is 12.3 Å². The second-order valence-corrected chi connectivity index (χ2v) is 9.47. The molecule has 0 atom stereocenters. The normalized spacial score (nSPS) is 11.7. The quantitative estimate of drug-likeness (QED) is 0.324. The third-order valence-electron chi connectivity index (χ3n) is 4.10. The van der Waals surface area contributed by atoms with Crippen LogP contribution >= 0.6 is 23.2 Å². The number of hydrogen-bond acceptors (Lipinski definition) is 5. The third-order valence-corrected chi connectivity index (χ3v) is 5.28. The van der Waals surface area contributed by atoms with Crippen LogP contribution in [0, 0.1) is 11.6 Å². The van der Waals surface area contributed by atoms with Gasteiger partial charge in [0.1, 0.15) is 23.3 Å². The summed E-state index contributed by atoms with van der Waals surface area (Å²) in [6.07, 6.45) is 0.973. The molecule has 2 aromatic carbocycles. The molecule has 0 radical (unpaired) electrons. The Bertz CT molecular complexity index is 1370. The lowest BCUT2D eigenvalue weighted by Crippen LogP contribution is -2.36. The Morgan fingerprint density at radius 3 is 2.41 bits per heavy atom. The molecule has 0 saturated heterocycles. The molecule has 34 heavy (non-hydrogen) atoms. The smallest absolute Gasteiger partial charge is 0.258 e. The van der Waals surface area contributed by atoms with Gasteiger partial charge in [0.25, 0.3) is 5.91 Å². The molecule has 0 aliphatic carbocycles. The van der Waals surface area contributed by atoms with Crippen molar-refractivity contribution < 1.29 is 22.0 Å². The third kappa shape index (κ3) is 7.37. The highest BCUT2D eigenvalue weighted by molar-refractivity contribution is 7.92. The molecule has 0 bridgehead atoms. The molecule has 3 N–H and O–H groups in total. The Labute approximate surface area is 204 Å². The van der Waals surface area contributed by atoms with Gasteiger partial charge in [-0.15, -0.1) is 0 Å². The Morgan fingerprint density at radius 2 is 1.74 bits per heavy atom. The van der Waals surface area contributed by atoms with Crippen molar-refractivity contribution in [3.05, 3.63) is 87.4 Å². The topological polar surface area (TPSA) is 113 Å². The molecule has 178 valence electrons. The maximum Gasteiger partial charge on any atom is 0.258 e. The fourth-order valence-electron chi connectivity index (χ4n) is 2.61. The van der Waals surface area contributed by atoms with E-state index in [9.17, 15) is 22.0 Å². The van der Waals surface area contributed by atoms with Gasteiger partial charge in [-0.05, 0) is 48.0 Å². The highest BCUT2D eigenvalue weighted by atomic mass is 35.5. The number of carbonyl (C=O) groups excluding carboxylic acids is 1. The maximum absolute atomic E-state index is 13.8. The highest BCUT2D eigenvalue weighted by Crippen LogP contribution is 2.18. The van der Waals surface area contributed by atoms with E-state index < -0.39 is 27.6 Å². The van der Waals surface area contributed by atoms with Crippen LogP contribution in [0.4, 0.5) is 20.4 Å². The molecule has 1 aromatic heterocycles.